The fourth-order valence-electron chi connectivity index (χ4n) is 1.50. The van der Waals surface area contributed by atoms with Gasteiger partial charge < -0.3 is 14.8 Å². The van der Waals surface area contributed by atoms with Crippen molar-refractivity contribution in [3.63, 3.8) is 0 Å². The van der Waals surface area contributed by atoms with Gasteiger partial charge >= 0.3 is 12.1 Å². The second-order valence-electron chi connectivity index (χ2n) is 6.86. The first kappa shape index (κ1) is 18.5. The van der Waals surface area contributed by atoms with Crippen molar-refractivity contribution in [2.45, 2.75) is 59.6 Å². The zero-order chi connectivity index (χ0) is 16.1. The Balaban J connectivity index is 4.80. The summed E-state index contributed by atoms with van der Waals surface area (Å²) in [6, 6.07) is -0.274. The molecule has 0 spiro atoms. The topological polar surface area (TPSA) is 64.6 Å². The van der Waals surface area contributed by atoms with Gasteiger partial charge in [0.05, 0.1) is 7.11 Å². The van der Waals surface area contributed by atoms with Crippen LogP contribution in [0.1, 0.15) is 48.0 Å². The Hall–Kier alpha value is -1.52. The lowest BCUT2D eigenvalue weighted by atomic mass is 9.83. The summed E-state index contributed by atoms with van der Waals surface area (Å²) in [6.07, 6.45) is -0.190. The van der Waals surface area contributed by atoms with E-state index in [1.165, 1.54) is 7.11 Å². The maximum atomic E-state index is 11.9. The van der Waals surface area contributed by atoms with Gasteiger partial charge in [0, 0.05) is 11.6 Å². The largest absolute Gasteiger partial charge is 0.466 e. The fraction of sp³-hybridized carbons (Fsp3) is 0.733. The van der Waals surface area contributed by atoms with Crippen molar-refractivity contribution in [3.8, 4) is 0 Å². The minimum absolute atomic E-state index is 0.242. The average molecular weight is 285 g/mol. The van der Waals surface area contributed by atoms with Crippen LogP contribution in [-0.2, 0) is 14.3 Å². The zero-order valence-electron chi connectivity index (χ0n) is 13.6. The van der Waals surface area contributed by atoms with Crippen LogP contribution in [-0.4, -0.2) is 30.8 Å². The fourth-order valence-corrected chi connectivity index (χ4v) is 1.50. The molecule has 0 aliphatic carbocycles. The molecule has 1 N–H and O–H groups in total. The Kier molecular flexibility index (Phi) is 6.26. The molecule has 0 saturated heterocycles. The Morgan fingerprint density at radius 1 is 1.15 bits per heavy atom. The molecular formula is C15H27NO4. The van der Waals surface area contributed by atoms with E-state index in [0.29, 0.717) is 12.0 Å². The van der Waals surface area contributed by atoms with E-state index < -0.39 is 17.7 Å². The maximum Gasteiger partial charge on any atom is 0.407 e. The van der Waals surface area contributed by atoms with Gasteiger partial charge in [-0.05, 0) is 32.6 Å². The first-order valence-electron chi connectivity index (χ1n) is 6.62. The number of nitrogens with one attached hydrogen (secondary N) is 1. The highest BCUT2D eigenvalue weighted by Gasteiger charge is 2.30. The third-order valence-corrected chi connectivity index (χ3v) is 2.66. The number of hydrogen-bond acceptors (Lipinski definition) is 4. The number of carbonyl (C=O) groups is 2. The average Bonchev–Trinajstić information content (AvgIpc) is 2.22. The number of hydrogen-bond donors (Lipinski definition) is 1. The highest BCUT2D eigenvalue weighted by atomic mass is 16.6. The van der Waals surface area contributed by atoms with Gasteiger partial charge in [-0.15, -0.1) is 0 Å². The van der Waals surface area contributed by atoms with Crippen LogP contribution in [0.2, 0.25) is 0 Å². The highest BCUT2D eigenvalue weighted by molar-refractivity contribution is 5.87. The SMILES string of the molecule is C=C(C[C@@H](NC(=O)OC(C)(C)C)C(C)(C)C)C(=O)OC. The van der Waals surface area contributed by atoms with Crippen molar-refractivity contribution < 1.29 is 19.1 Å². The minimum Gasteiger partial charge on any atom is -0.466 e. The van der Waals surface area contributed by atoms with Gasteiger partial charge in [0.25, 0.3) is 0 Å². The van der Waals surface area contributed by atoms with Crippen LogP contribution in [0.4, 0.5) is 4.79 Å². The lowest BCUT2D eigenvalue weighted by molar-refractivity contribution is -0.136. The van der Waals surface area contributed by atoms with Crippen molar-refractivity contribution in [2.24, 2.45) is 5.41 Å². The molecule has 1 amide bonds. The molecule has 0 heterocycles. The zero-order valence-corrected chi connectivity index (χ0v) is 13.6. The van der Waals surface area contributed by atoms with Crippen LogP contribution in [0.15, 0.2) is 12.2 Å². The molecule has 0 aromatic heterocycles. The van der Waals surface area contributed by atoms with Gasteiger partial charge in [-0.1, -0.05) is 27.4 Å². The van der Waals surface area contributed by atoms with E-state index in [4.69, 9.17) is 4.74 Å². The first-order valence-corrected chi connectivity index (χ1v) is 6.62. The van der Waals surface area contributed by atoms with Gasteiger partial charge in [-0.2, -0.15) is 0 Å². The Labute approximate surface area is 121 Å². The molecule has 116 valence electrons. The normalized spacial score (nSPS) is 13.3. The molecule has 0 aromatic carbocycles. The molecule has 0 aliphatic rings. The Morgan fingerprint density at radius 3 is 2.00 bits per heavy atom. The van der Waals surface area contributed by atoms with Gasteiger partial charge in [-0.25, -0.2) is 9.59 Å². The number of rotatable bonds is 4. The molecule has 0 rings (SSSR count). The standard InChI is InChI=1S/C15H27NO4/c1-10(12(17)19-8)9-11(14(2,3)4)16-13(18)20-15(5,6)7/h11H,1,9H2,2-8H3,(H,16,18)/t11-/m1/s1. The van der Waals surface area contributed by atoms with Crippen LogP contribution >= 0.6 is 0 Å². The predicted octanol–water partition coefficient (Wildman–Crippen LogP) is 3.05. The second-order valence-corrected chi connectivity index (χ2v) is 6.86. The number of alkyl carbamates (subject to hydrolysis) is 1. The van der Waals surface area contributed by atoms with Crippen molar-refractivity contribution in [1.29, 1.82) is 0 Å². The molecule has 0 saturated carbocycles. The second kappa shape index (κ2) is 6.77. The van der Waals surface area contributed by atoms with Gasteiger partial charge in [0.1, 0.15) is 5.60 Å². The van der Waals surface area contributed by atoms with Gasteiger partial charge in [0.15, 0.2) is 0 Å². The number of ether oxygens (including phenoxy) is 2. The molecular weight excluding hydrogens is 258 g/mol. The molecule has 5 heteroatoms. The van der Waals surface area contributed by atoms with Crippen molar-refractivity contribution in [1.82, 2.24) is 5.32 Å². The summed E-state index contributed by atoms with van der Waals surface area (Å²) in [5.74, 6) is -0.467. The molecule has 0 bridgehead atoms. The third kappa shape index (κ3) is 7.16. The molecule has 0 radical (unpaired) electrons. The lowest BCUT2D eigenvalue weighted by Crippen LogP contribution is -2.46. The van der Waals surface area contributed by atoms with Gasteiger partial charge in [0.2, 0.25) is 0 Å². The highest BCUT2D eigenvalue weighted by Crippen LogP contribution is 2.25. The molecule has 20 heavy (non-hydrogen) atoms. The van der Waals surface area contributed by atoms with Crippen molar-refractivity contribution in [2.75, 3.05) is 7.11 Å². The molecule has 0 aliphatic heterocycles. The molecule has 0 fully saturated rings. The van der Waals surface area contributed by atoms with Crippen LogP contribution < -0.4 is 5.32 Å². The smallest absolute Gasteiger partial charge is 0.407 e. The molecule has 5 nitrogen and oxygen atoms in total. The van der Waals surface area contributed by atoms with E-state index in [9.17, 15) is 9.59 Å². The summed E-state index contributed by atoms with van der Waals surface area (Å²) in [5.41, 5.74) is -0.483. The minimum atomic E-state index is -0.564. The van der Waals surface area contributed by atoms with Crippen LogP contribution in [0.3, 0.4) is 0 Å². The van der Waals surface area contributed by atoms with Crippen molar-refractivity contribution in [3.05, 3.63) is 12.2 Å². The molecule has 0 aromatic rings. The predicted molar refractivity (Wildman–Crippen MR) is 78.4 cm³/mol. The molecule has 1 atom stereocenters. The number of esters is 1. The van der Waals surface area contributed by atoms with E-state index in [1.807, 2.05) is 20.8 Å². The summed E-state index contributed by atoms with van der Waals surface area (Å²) in [7, 11) is 1.31. The van der Waals surface area contributed by atoms with E-state index in [0.717, 1.165) is 0 Å². The summed E-state index contributed by atoms with van der Waals surface area (Å²) in [4.78, 5) is 23.3. The first-order chi connectivity index (χ1) is 8.86. The van der Waals surface area contributed by atoms with Crippen LogP contribution in [0.5, 0.6) is 0 Å². The summed E-state index contributed by atoms with van der Waals surface area (Å²) in [6.45, 7) is 15.0. The maximum absolute atomic E-state index is 11.9. The molecule has 0 unspecified atom stereocenters. The third-order valence-electron chi connectivity index (χ3n) is 2.66. The number of methoxy groups -OCH3 is 1. The van der Waals surface area contributed by atoms with E-state index >= 15 is 0 Å². The van der Waals surface area contributed by atoms with E-state index in [-0.39, 0.29) is 11.5 Å². The Morgan fingerprint density at radius 2 is 1.65 bits per heavy atom. The number of amides is 1. The summed E-state index contributed by atoms with van der Waals surface area (Å²) >= 11 is 0. The summed E-state index contributed by atoms with van der Waals surface area (Å²) in [5, 5.41) is 2.79. The van der Waals surface area contributed by atoms with Gasteiger partial charge in [-0.3, -0.25) is 0 Å². The summed E-state index contributed by atoms with van der Waals surface area (Å²) < 4.78 is 9.86. The lowest BCUT2D eigenvalue weighted by Gasteiger charge is -2.32. The quantitative estimate of drug-likeness (QED) is 0.637. The monoisotopic (exact) mass is 285 g/mol. The van der Waals surface area contributed by atoms with Crippen LogP contribution in [0.25, 0.3) is 0 Å². The van der Waals surface area contributed by atoms with Crippen molar-refractivity contribution >= 4 is 12.1 Å². The Bertz CT molecular complexity index is 374. The van der Waals surface area contributed by atoms with Crippen LogP contribution in [0, 0.1) is 5.41 Å². The van der Waals surface area contributed by atoms with E-state index in [1.54, 1.807) is 20.8 Å². The van der Waals surface area contributed by atoms with E-state index in [2.05, 4.69) is 16.6 Å². The number of carbonyl (C=O) groups excluding carboxylic acids is 2.